The molecule has 1 saturated carbocycles. The smallest absolute Gasteiger partial charge is 0.255 e. The van der Waals surface area contributed by atoms with Gasteiger partial charge < -0.3 is 19.8 Å². The first kappa shape index (κ1) is 34.3. The first-order valence-electron chi connectivity index (χ1n) is 19.9. The number of imide groups is 1. The Balaban J connectivity index is 0.782. The quantitative estimate of drug-likeness (QED) is 0.297. The molecule has 2 aliphatic carbocycles. The minimum atomic E-state index is -0.599. The highest BCUT2D eigenvalue weighted by molar-refractivity contribution is 6.05. The Morgan fingerprint density at radius 2 is 1.58 bits per heavy atom. The molecule has 3 amide bonds. The Hall–Kier alpha value is -4.44. The van der Waals surface area contributed by atoms with Crippen LogP contribution >= 0.6 is 0 Å². The van der Waals surface area contributed by atoms with Crippen molar-refractivity contribution >= 4 is 29.1 Å². The van der Waals surface area contributed by atoms with Crippen LogP contribution in [0.2, 0.25) is 0 Å². The van der Waals surface area contributed by atoms with Crippen molar-refractivity contribution in [3.63, 3.8) is 0 Å². The van der Waals surface area contributed by atoms with Crippen molar-refractivity contribution < 1.29 is 23.9 Å². The van der Waals surface area contributed by atoms with Crippen molar-refractivity contribution in [3.8, 4) is 5.75 Å². The standard InChI is InChI=1S/C43H50FN5O4/c44-37-24-30(41-34(28-2-1-3-28)8-4-29-23-33(50)7-10-35(29)41)5-11-38(37)48-16-14-27(15-17-48)25-46-18-20-47(21-19-46)32-6-9-36-31(22-32)26-49(43(36)53)39-12-13-40(51)45-42(39)52/h5-7,9-11,22-24,27-28,34,39,41,50H,1-4,8,12-21,25-26H2,(H,45,51,52)/t34-,39?,41+/m1/s1. The molecule has 9 rings (SSSR count). The van der Waals surface area contributed by atoms with Crippen LogP contribution in [0.4, 0.5) is 15.8 Å². The van der Waals surface area contributed by atoms with Crippen molar-refractivity contribution in [1.82, 2.24) is 15.1 Å². The Kier molecular flexibility index (Phi) is 9.12. The number of fused-ring (bicyclic) bond motifs is 2. The van der Waals surface area contributed by atoms with Crippen molar-refractivity contribution in [3.05, 3.63) is 88.2 Å². The molecule has 0 spiro atoms. The van der Waals surface area contributed by atoms with E-state index in [2.05, 4.69) is 38.2 Å². The number of phenolic OH excluding ortho intramolecular Hbond substituents is 1. The van der Waals surface area contributed by atoms with Gasteiger partial charge in [-0.15, -0.1) is 0 Å². The third-order valence-electron chi connectivity index (χ3n) is 13.4. The molecule has 53 heavy (non-hydrogen) atoms. The second-order valence-electron chi connectivity index (χ2n) is 16.4. The molecule has 3 atom stereocenters. The van der Waals surface area contributed by atoms with Gasteiger partial charge in [0.1, 0.15) is 17.6 Å². The molecule has 2 N–H and O–H groups in total. The molecule has 4 fully saturated rings. The van der Waals surface area contributed by atoms with E-state index in [1.54, 1.807) is 11.0 Å². The van der Waals surface area contributed by atoms with Gasteiger partial charge in [0.2, 0.25) is 11.8 Å². The van der Waals surface area contributed by atoms with E-state index in [9.17, 15) is 19.5 Å². The van der Waals surface area contributed by atoms with Crippen LogP contribution in [-0.4, -0.2) is 84.5 Å². The maximum absolute atomic E-state index is 16.0. The molecule has 0 radical (unpaired) electrons. The lowest BCUT2D eigenvalue weighted by Gasteiger charge is -2.43. The van der Waals surface area contributed by atoms with Gasteiger partial charge in [-0.25, -0.2) is 4.39 Å². The van der Waals surface area contributed by atoms with Gasteiger partial charge in [-0.1, -0.05) is 31.4 Å². The Labute approximate surface area is 311 Å². The number of hydrogen-bond donors (Lipinski definition) is 2. The lowest BCUT2D eigenvalue weighted by atomic mass is 9.62. The molecule has 278 valence electrons. The number of phenols is 1. The summed E-state index contributed by atoms with van der Waals surface area (Å²) < 4.78 is 16.0. The maximum atomic E-state index is 16.0. The molecule has 4 aliphatic heterocycles. The molecule has 0 bridgehead atoms. The average Bonchev–Trinajstić information content (AvgIpc) is 3.46. The summed E-state index contributed by atoms with van der Waals surface area (Å²) in [5, 5.41) is 12.5. The Morgan fingerprint density at radius 1 is 0.774 bits per heavy atom. The summed E-state index contributed by atoms with van der Waals surface area (Å²) in [5.74, 6) is 1.41. The Bertz CT molecular complexity index is 1910. The number of piperazine rings is 1. The number of carbonyl (C=O) groups is 3. The molecular weight excluding hydrogens is 670 g/mol. The van der Waals surface area contributed by atoms with Crippen LogP contribution in [0.5, 0.6) is 5.75 Å². The topological polar surface area (TPSA) is 96.4 Å². The number of benzene rings is 3. The molecule has 3 aromatic rings. The third kappa shape index (κ3) is 6.57. The van der Waals surface area contributed by atoms with Gasteiger partial charge in [0.05, 0.1) is 5.69 Å². The first-order chi connectivity index (χ1) is 25.8. The van der Waals surface area contributed by atoms with Gasteiger partial charge in [0, 0.05) is 75.9 Å². The van der Waals surface area contributed by atoms with Crippen molar-refractivity contribution in [2.75, 3.05) is 55.6 Å². The minimum absolute atomic E-state index is 0.116. The van der Waals surface area contributed by atoms with Gasteiger partial charge in [0.15, 0.2) is 0 Å². The predicted molar refractivity (Wildman–Crippen MR) is 202 cm³/mol. The molecule has 1 unspecified atom stereocenters. The number of rotatable bonds is 7. The summed E-state index contributed by atoms with van der Waals surface area (Å²) in [7, 11) is 0. The van der Waals surface area contributed by atoms with E-state index >= 15 is 4.39 Å². The summed E-state index contributed by atoms with van der Waals surface area (Å²) >= 11 is 0. The van der Waals surface area contributed by atoms with Crippen molar-refractivity contribution in [2.45, 2.75) is 76.3 Å². The number of hydrogen-bond acceptors (Lipinski definition) is 7. The number of piperidine rings is 2. The zero-order chi connectivity index (χ0) is 36.2. The van der Waals surface area contributed by atoms with E-state index in [4.69, 9.17) is 0 Å². The summed E-state index contributed by atoms with van der Waals surface area (Å²) in [6, 6.07) is 17.2. The summed E-state index contributed by atoms with van der Waals surface area (Å²) in [6.07, 6.45) is 8.64. The zero-order valence-corrected chi connectivity index (χ0v) is 30.4. The lowest BCUT2D eigenvalue weighted by molar-refractivity contribution is -0.136. The SMILES string of the molecule is O=C1CCC(N2Cc3cc(N4CCN(CC5CCN(c6ccc([C@@H]7c8ccc(O)cc8CC[C@@H]7C7CCC7)cc6F)CC5)CC4)ccc3C2=O)C(=O)N1. The molecule has 4 heterocycles. The number of aromatic hydroxyl groups is 1. The van der Waals surface area contributed by atoms with Gasteiger partial charge in [-0.3, -0.25) is 24.6 Å². The highest BCUT2D eigenvalue weighted by atomic mass is 19.1. The van der Waals surface area contributed by atoms with Crippen LogP contribution in [0.15, 0.2) is 54.6 Å². The van der Waals surface area contributed by atoms with Gasteiger partial charge in [-0.05, 0) is 115 Å². The van der Waals surface area contributed by atoms with E-state index in [0.717, 1.165) is 94.0 Å². The third-order valence-corrected chi connectivity index (χ3v) is 13.4. The minimum Gasteiger partial charge on any atom is -0.508 e. The van der Waals surface area contributed by atoms with Gasteiger partial charge >= 0.3 is 0 Å². The van der Waals surface area contributed by atoms with Crippen LogP contribution in [-0.2, 0) is 22.6 Å². The predicted octanol–water partition coefficient (Wildman–Crippen LogP) is 5.83. The van der Waals surface area contributed by atoms with Crippen LogP contribution in [0.25, 0.3) is 0 Å². The van der Waals surface area contributed by atoms with E-state index in [1.165, 1.54) is 30.4 Å². The van der Waals surface area contributed by atoms with E-state index in [-0.39, 0.29) is 35.9 Å². The number of nitrogens with one attached hydrogen (secondary N) is 1. The second kappa shape index (κ2) is 14.1. The van der Waals surface area contributed by atoms with Crippen molar-refractivity contribution in [2.24, 2.45) is 17.8 Å². The molecule has 10 heteroatoms. The molecule has 6 aliphatic rings. The summed E-state index contributed by atoms with van der Waals surface area (Å²) in [4.78, 5) is 46.0. The fourth-order valence-electron chi connectivity index (χ4n) is 10.3. The molecule has 3 saturated heterocycles. The average molecular weight is 720 g/mol. The van der Waals surface area contributed by atoms with Gasteiger partial charge in [-0.2, -0.15) is 0 Å². The number of halogens is 1. The first-order valence-corrected chi connectivity index (χ1v) is 19.9. The summed E-state index contributed by atoms with van der Waals surface area (Å²) in [6.45, 7) is 6.94. The van der Waals surface area contributed by atoms with Gasteiger partial charge in [0.25, 0.3) is 5.91 Å². The van der Waals surface area contributed by atoms with E-state index < -0.39 is 6.04 Å². The van der Waals surface area contributed by atoms with Crippen LogP contribution in [0.1, 0.15) is 89.9 Å². The van der Waals surface area contributed by atoms with E-state index in [1.807, 2.05) is 30.3 Å². The summed E-state index contributed by atoms with van der Waals surface area (Å²) in [5.41, 5.74) is 6.96. The highest BCUT2D eigenvalue weighted by Crippen LogP contribution is 2.50. The fourth-order valence-corrected chi connectivity index (χ4v) is 10.3. The number of aryl methyl sites for hydroxylation is 1. The van der Waals surface area contributed by atoms with Crippen LogP contribution < -0.4 is 15.1 Å². The normalized spacial score (nSPS) is 25.6. The number of nitrogens with zero attached hydrogens (tertiary/aromatic N) is 4. The molecule has 0 aromatic heterocycles. The van der Waals surface area contributed by atoms with Crippen LogP contribution in [0, 0.1) is 23.6 Å². The largest absolute Gasteiger partial charge is 0.508 e. The van der Waals surface area contributed by atoms with Crippen molar-refractivity contribution in [1.29, 1.82) is 0 Å². The Morgan fingerprint density at radius 3 is 2.32 bits per heavy atom. The second-order valence-corrected chi connectivity index (χ2v) is 16.4. The lowest BCUT2D eigenvalue weighted by Crippen LogP contribution is -2.52. The molecular formula is C43H50FN5O4. The highest BCUT2D eigenvalue weighted by Gasteiger charge is 2.40. The fraction of sp³-hybridized carbons (Fsp3) is 0.512. The maximum Gasteiger partial charge on any atom is 0.255 e. The van der Waals surface area contributed by atoms with Crippen LogP contribution in [0.3, 0.4) is 0 Å². The monoisotopic (exact) mass is 719 g/mol. The molecule has 9 nitrogen and oxygen atoms in total. The number of anilines is 2. The van der Waals surface area contributed by atoms with E-state index in [0.29, 0.717) is 42.0 Å². The number of amides is 3. The molecule has 3 aromatic carbocycles. The zero-order valence-electron chi connectivity index (χ0n) is 30.4. The number of carbonyl (C=O) groups excluding carboxylic acids is 3.